The molecule has 0 saturated heterocycles. The first-order valence-corrected chi connectivity index (χ1v) is 9.43. The fourth-order valence-electron chi connectivity index (χ4n) is 2.72. The van der Waals surface area contributed by atoms with E-state index in [1.54, 1.807) is 6.07 Å². The zero-order chi connectivity index (χ0) is 21.8. The lowest BCUT2D eigenvalue weighted by atomic mass is 10.0. The number of amides is 1. The molecule has 6 nitrogen and oxygen atoms in total. The van der Waals surface area contributed by atoms with Crippen LogP contribution in [0.25, 0.3) is 0 Å². The maximum Gasteiger partial charge on any atom is 0.306 e. The lowest BCUT2D eigenvalue weighted by Gasteiger charge is -2.27. The number of carbonyl (C=O) groups excluding carboxylic acids is 1. The van der Waals surface area contributed by atoms with Gasteiger partial charge in [0.25, 0.3) is 0 Å². The van der Waals surface area contributed by atoms with Gasteiger partial charge in [-0.05, 0) is 43.3 Å². The Morgan fingerprint density at radius 3 is 2.80 bits per heavy atom. The summed E-state index contributed by atoms with van der Waals surface area (Å²) in [6, 6.07) is 7.12. The van der Waals surface area contributed by atoms with Crippen LogP contribution in [0.5, 0.6) is 0 Å². The highest BCUT2D eigenvalue weighted by Gasteiger charge is 2.34. The number of anilines is 1. The average Bonchev–Trinajstić information content (AvgIpc) is 2.71. The molecule has 158 valence electrons. The molecule has 10 heteroatoms. The number of alkyl halides is 3. The van der Waals surface area contributed by atoms with E-state index in [0.29, 0.717) is 0 Å². The van der Waals surface area contributed by atoms with Gasteiger partial charge in [0.15, 0.2) is 11.8 Å². The third kappa shape index (κ3) is 5.35. The van der Waals surface area contributed by atoms with Crippen molar-refractivity contribution in [1.82, 2.24) is 15.3 Å². The zero-order valence-electron chi connectivity index (χ0n) is 15.9. The van der Waals surface area contributed by atoms with Crippen LogP contribution in [0.3, 0.4) is 0 Å². The van der Waals surface area contributed by atoms with Crippen molar-refractivity contribution < 1.29 is 18.0 Å². The zero-order valence-corrected chi connectivity index (χ0v) is 16.7. The van der Waals surface area contributed by atoms with Crippen LogP contribution < -0.4 is 10.6 Å². The van der Waals surface area contributed by atoms with Crippen LogP contribution in [0.2, 0.25) is 5.02 Å². The van der Waals surface area contributed by atoms with Gasteiger partial charge in [0.1, 0.15) is 11.5 Å². The first-order chi connectivity index (χ1) is 14.2. The molecule has 30 heavy (non-hydrogen) atoms. The van der Waals surface area contributed by atoms with E-state index in [2.05, 4.69) is 25.6 Å². The van der Waals surface area contributed by atoms with Gasteiger partial charge in [-0.15, -0.1) is 0 Å². The Bertz CT molecular complexity index is 966. The lowest BCUT2D eigenvalue weighted by molar-refractivity contribution is -0.122. The normalized spacial score (nSPS) is 20.8. The number of pyridine rings is 2. The van der Waals surface area contributed by atoms with Gasteiger partial charge in [-0.1, -0.05) is 17.7 Å². The molecule has 3 heterocycles. The van der Waals surface area contributed by atoms with Crippen molar-refractivity contribution in [2.75, 3.05) is 11.9 Å². The molecule has 2 unspecified atom stereocenters. The number of hydrogen-bond acceptors (Lipinski definition) is 5. The van der Waals surface area contributed by atoms with E-state index in [9.17, 15) is 18.0 Å². The van der Waals surface area contributed by atoms with E-state index in [-0.39, 0.29) is 28.6 Å². The monoisotopic (exact) mass is 437 g/mol. The summed E-state index contributed by atoms with van der Waals surface area (Å²) in [4.78, 5) is 24.0. The standard InChI is InChI=1S/C20H19ClF3N5O/c1-19(22)8-4-10-26-18(19)29-17(30)11-14-13(21)6-7-16(28-14)27-12-20(23,24)15-5-2-3-9-25-15/h2-10,18H,11-12H2,1H3,(H,27,28)(H,29,30). The summed E-state index contributed by atoms with van der Waals surface area (Å²) in [5.74, 6) is -3.66. The molecule has 0 aromatic carbocycles. The van der Waals surface area contributed by atoms with Gasteiger partial charge >= 0.3 is 5.92 Å². The number of allylic oxidation sites excluding steroid dienone is 1. The summed E-state index contributed by atoms with van der Waals surface area (Å²) in [5, 5.41) is 5.19. The van der Waals surface area contributed by atoms with E-state index in [1.165, 1.54) is 55.8 Å². The highest BCUT2D eigenvalue weighted by molar-refractivity contribution is 6.31. The second-order valence-electron chi connectivity index (χ2n) is 6.85. The van der Waals surface area contributed by atoms with Gasteiger partial charge in [0, 0.05) is 12.4 Å². The molecular formula is C20H19ClF3N5O. The molecule has 2 aromatic heterocycles. The van der Waals surface area contributed by atoms with Gasteiger partial charge < -0.3 is 10.6 Å². The van der Waals surface area contributed by atoms with Crippen molar-refractivity contribution in [1.29, 1.82) is 0 Å². The molecule has 0 aliphatic carbocycles. The Labute approximate surface area is 176 Å². The summed E-state index contributed by atoms with van der Waals surface area (Å²) < 4.78 is 42.9. The topological polar surface area (TPSA) is 79.3 Å². The lowest BCUT2D eigenvalue weighted by Crippen LogP contribution is -2.47. The van der Waals surface area contributed by atoms with Crippen LogP contribution in [0.1, 0.15) is 18.3 Å². The second-order valence-corrected chi connectivity index (χ2v) is 7.26. The summed E-state index contributed by atoms with van der Waals surface area (Å²) >= 11 is 6.08. The number of hydrogen-bond donors (Lipinski definition) is 2. The van der Waals surface area contributed by atoms with Crippen molar-refractivity contribution in [3.8, 4) is 0 Å². The van der Waals surface area contributed by atoms with E-state index in [0.717, 1.165) is 0 Å². The minimum absolute atomic E-state index is 0.117. The van der Waals surface area contributed by atoms with Crippen molar-refractivity contribution in [2.45, 2.75) is 31.1 Å². The molecule has 0 saturated carbocycles. The summed E-state index contributed by atoms with van der Waals surface area (Å²) in [5.41, 5.74) is -2.04. The largest absolute Gasteiger partial charge is 0.364 e. The molecule has 1 aliphatic rings. The van der Waals surface area contributed by atoms with E-state index in [1.807, 2.05) is 0 Å². The van der Waals surface area contributed by atoms with Crippen LogP contribution in [-0.4, -0.2) is 40.5 Å². The Morgan fingerprint density at radius 2 is 2.10 bits per heavy atom. The number of aromatic nitrogens is 2. The van der Waals surface area contributed by atoms with Gasteiger partial charge in [0.2, 0.25) is 5.91 Å². The third-order valence-corrected chi connectivity index (χ3v) is 4.70. The number of nitrogens with zero attached hydrogens (tertiary/aromatic N) is 3. The van der Waals surface area contributed by atoms with Crippen molar-refractivity contribution >= 4 is 29.5 Å². The molecule has 2 N–H and O–H groups in total. The van der Waals surface area contributed by atoms with E-state index in [4.69, 9.17) is 11.6 Å². The molecule has 1 aliphatic heterocycles. The Morgan fingerprint density at radius 1 is 1.30 bits per heavy atom. The number of nitrogens with one attached hydrogen (secondary N) is 2. The number of rotatable bonds is 7. The molecule has 0 fully saturated rings. The van der Waals surface area contributed by atoms with Crippen molar-refractivity contribution in [2.24, 2.45) is 4.99 Å². The van der Waals surface area contributed by atoms with Crippen LogP contribution in [0.15, 0.2) is 53.7 Å². The maximum absolute atomic E-state index is 14.4. The first-order valence-electron chi connectivity index (χ1n) is 9.05. The second kappa shape index (κ2) is 8.83. The molecule has 0 bridgehead atoms. The molecule has 0 spiro atoms. The highest BCUT2D eigenvalue weighted by atomic mass is 35.5. The summed E-state index contributed by atoms with van der Waals surface area (Å²) in [6.07, 6.45) is 4.09. The van der Waals surface area contributed by atoms with Crippen molar-refractivity contribution in [3.05, 3.63) is 65.1 Å². The predicted octanol–water partition coefficient (Wildman–Crippen LogP) is 3.69. The minimum Gasteiger partial charge on any atom is -0.364 e. The fourth-order valence-corrected chi connectivity index (χ4v) is 2.89. The van der Waals surface area contributed by atoms with Gasteiger partial charge in [-0.3, -0.25) is 14.8 Å². The SMILES string of the molecule is CC1(F)C=CC=NC1NC(=O)Cc1nc(NCC(F)(F)c2ccccn2)ccc1Cl. The van der Waals surface area contributed by atoms with Gasteiger partial charge in [0.05, 0.1) is 23.7 Å². The molecule has 3 rings (SSSR count). The van der Waals surface area contributed by atoms with Crippen molar-refractivity contribution in [3.63, 3.8) is 0 Å². The quantitative estimate of drug-likeness (QED) is 0.692. The van der Waals surface area contributed by atoms with E-state index < -0.39 is 30.2 Å². The van der Waals surface area contributed by atoms with Crippen LogP contribution in [0, 0.1) is 0 Å². The Balaban J connectivity index is 1.64. The molecule has 0 radical (unpaired) electrons. The number of aliphatic imine (C=N–C) groups is 1. The minimum atomic E-state index is -3.22. The molecular weight excluding hydrogens is 419 g/mol. The number of dihydropyridines is 1. The highest BCUT2D eigenvalue weighted by Crippen LogP contribution is 2.27. The molecule has 2 aromatic rings. The van der Waals surface area contributed by atoms with E-state index >= 15 is 0 Å². The summed E-state index contributed by atoms with van der Waals surface area (Å²) in [7, 11) is 0. The molecule has 2 atom stereocenters. The Kier molecular flexibility index (Phi) is 6.40. The van der Waals surface area contributed by atoms with Gasteiger partial charge in [-0.2, -0.15) is 8.78 Å². The van der Waals surface area contributed by atoms with Gasteiger partial charge in [-0.25, -0.2) is 9.37 Å². The van der Waals surface area contributed by atoms with Crippen LogP contribution >= 0.6 is 11.6 Å². The first kappa shape index (κ1) is 21.8. The fraction of sp³-hybridized carbons (Fsp3) is 0.300. The van der Waals surface area contributed by atoms with Crippen LogP contribution in [0.4, 0.5) is 19.0 Å². The Hall–Kier alpha value is -2.94. The maximum atomic E-state index is 14.4. The number of carbonyl (C=O) groups is 1. The number of halogens is 4. The smallest absolute Gasteiger partial charge is 0.306 e. The third-order valence-electron chi connectivity index (χ3n) is 4.35. The predicted molar refractivity (Wildman–Crippen MR) is 109 cm³/mol. The summed E-state index contributed by atoms with van der Waals surface area (Å²) in [6.45, 7) is 0.552. The molecule has 1 amide bonds. The average molecular weight is 438 g/mol. The van der Waals surface area contributed by atoms with Crippen LogP contribution in [-0.2, 0) is 17.1 Å².